The highest BCUT2D eigenvalue weighted by Gasteiger charge is 2.23. The maximum atomic E-state index is 11.2. The highest BCUT2D eigenvalue weighted by molar-refractivity contribution is 5.69. The number of anilines is 1. The van der Waals surface area contributed by atoms with E-state index in [2.05, 4.69) is 24.1 Å². The minimum atomic E-state index is -0.427. The lowest BCUT2D eigenvalue weighted by molar-refractivity contribution is 0.115. The van der Waals surface area contributed by atoms with Crippen molar-refractivity contribution in [1.82, 2.24) is 5.32 Å². The Hall–Kier alpha value is -1.91. The summed E-state index contributed by atoms with van der Waals surface area (Å²) < 4.78 is 4.83. The first kappa shape index (κ1) is 13.5. The number of nitrogens with zero attached hydrogens (tertiary/aromatic N) is 1. The van der Waals surface area contributed by atoms with Crippen molar-refractivity contribution < 1.29 is 14.6 Å². The zero-order chi connectivity index (χ0) is 13.8. The van der Waals surface area contributed by atoms with Gasteiger partial charge in [0, 0.05) is 36.8 Å². The second-order valence-electron chi connectivity index (χ2n) is 4.54. The first-order valence-electron chi connectivity index (χ1n) is 6.66. The van der Waals surface area contributed by atoms with Crippen LogP contribution in [0.5, 0.6) is 5.75 Å². The van der Waals surface area contributed by atoms with Gasteiger partial charge < -0.3 is 20.1 Å². The third kappa shape index (κ3) is 2.92. The van der Waals surface area contributed by atoms with E-state index in [1.807, 2.05) is 12.1 Å². The van der Waals surface area contributed by atoms with E-state index in [1.165, 1.54) is 0 Å². The SMILES string of the molecule is CCN(CC)c1ccc([C@@H]2CCOC(=O)N2)c(O)c1. The minimum Gasteiger partial charge on any atom is -0.508 e. The number of carbonyl (C=O) groups is 1. The summed E-state index contributed by atoms with van der Waals surface area (Å²) in [6.07, 6.45) is 0.243. The molecule has 0 spiro atoms. The molecular weight excluding hydrogens is 244 g/mol. The number of nitrogens with one attached hydrogen (secondary N) is 1. The van der Waals surface area contributed by atoms with E-state index in [-0.39, 0.29) is 11.8 Å². The molecule has 0 bridgehead atoms. The Morgan fingerprint density at radius 3 is 2.74 bits per heavy atom. The molecule has 1 heterocycles. The topological polar surface area (TPSA) is 61.8 Å². The van der Waals surface area contributed by atoms with Crippen LogP contribution in [-0.4, -0.2) is 30.9 Å². The molecule has 1 amide bonds. The van der Waals surface area contributed by atoms with Gasteiger partial charge in [0.1, 0.15) is 5.75 Å². The number of cyclic esters (lactones) is 1. The Labute approximate surface area is 113 Å². The van der Waals surface area contributed by atoms with Crippen molar-refractivity contribution in [2.45, 2.75) is 26.3 Å². The summed E-state index contributed by atoms with van der Waals surface area (Å²) in [6.45, 7) is 6.32. The summed E-state index contributed by atoms with van der Waals surface area (Å²) in [4.78, 5) is 13.4. The number of benzene rings is 1. The molecule has 2 rings (SSSR count). The molecule has 1 aromatic rings. The maximum Gasteiger partial charge on any atom is 0.407 e. The van der Waals surface area contributed by atoms with Crippen molar-refractivity contribution in [2.24, 2.45) is 0 Å². The Kier molecular flexibility index (Phi) is 4.14. The average molecular weight is 264 g/mol. The fourth-order valence-electron chi connectivity index (χ4n) is 2.37. The van der Waals surface area contributed by atoms with Crippen LogP contribution in [0, 0.1) is 0 Å². The number of rotatable bonds is 4. The zero-order valence-electron chi connectivity index (χ0n) is 11.3. The number of ether oxygens (including phenoxy) is 1. The van der Waals surface area contributed by atoms with Gasteiger partial charge in [0.25, 0.3) is 0 Å². The van der Waals surface area contributed by atoms with E-state index >= 15 is 0 Å². The molecule has 104 valence electrons. The van der Waals surface area contributed by atoms with Gasteiger partial charge in [-0.15, -0.1) is 0 Å². The highest BCUT2D eigenvalue weighted by atomic mass is 16.5. The summed E-state index contributed by atoms with van der Waals surface area (Å²) in [7, 11) is 0. The summed E-state index contributed by atoms with van der Waals surface area (Å²) in [6, 6.07) is 5.43. The van der Waals surface area contributed by atoms with Crippen LogP contribution in [0.1, 0.15) is 31.9 Å². The van der Waals surface area contributed by atoms with Gasteiger partial charge in [0.15, 0.2) is 0 Å². The quantitative estimate of drug-likeness (QED) is 0.876. The van der Waals surface area contributed by atoms with E-state index in [4.69, 9.17) is 4.74 Å². The summed E-state index contributed by atoms with van der Waals surface area (Å²) in [5.74, 6) is 0.219. The molecule has 1 aliphatic rings. The van der Waals surface area contributed by atoms with E-state index in [1.54, 1.807) is 6.07 Å². The van der Waals surface area contributed by atoms with Gasteiger partial charge >= 0.3 is 6.09 Å². The Balaban J connectivity index is 2.21. The van der Waals surface area contributed by atoms with Crippen LogP contribution in [0.15, 0.2) is 18.2 Å². The second kappa shape index (κ2) is 5.82. The van der Waals surface area contributed by atoms with Crippen molar-refractivity contribution in [3.8, 4) is 5.75 Å². The number of carbonyl (C=O) groups excluding carboxylic acids is 1. The molecular formula is C14H20N2O3. The van der Waals surface area contributed by atoms with Crippen LogP contribution >= 0.6 is 0 Å². The molecule has 0 aliphatic carbocycles. The molecule has 2 N–H and O–H groups in total. The lowest BCUT2D eigenvalue weighted by Gasteiger charge is -2.26. The minimum absolute atomic E-state index is 0.174. The molecule has 0 radical (unpaired) electrons. The third-order valence-corrected chi connectivity index (χ3v) is 3.45. The van der Waals surface area contributed by atoms with E-state index < -0.39 is 6.09 Å². The maximum absolute atomic E-state index is 11.2. The first-order chi connectivity index (χ1) is 9.15. The first-order valence-corrected chi connectivity index (χ1v) is 6.66. The Morgan fingerprint density at radius 1 is 1.42 bits per heavy atom. The van der Waals surface area contributed by atoms with E-state index in [0.717, 1.165) is 24.3 Å². The van der Waals surface area contributed by atoms with Crippen LogP contribution in [-0.2, 0) is 4.74 Å². The smallest absolute Gasteiger partial charge is 0.407 e. The van der Waals surface area contributed by atoms with Crippen LogP contribution in [0.4, 0.5) is 10.5 Å². The summed E-state index contributed by atoms with van der Waals surface area (Å²) in [5.41, 5.74) is 1.73. The number of phenols is 1. The molecule has 0 aromatic heterocycles. The molecule has 5 heteroatoms. The van der Waals surface area contributed by atoms with Crippen LogP contribution in [0.2, 0.25) is 0 Å². The van der Waals surface area contributed by atoms with Gasteiger partial charge in [0.05, 0.1) is 12.6 Å². The largest absolute Gasteiger partial charge is 0.508 e. The molecule has 0 saturated carbocycles. The number of hydrogen-bond acceptors (Lipinski definition) is 4. The third-order valence-electron chi connectivity index (χ3n) is 3.45. The number of aromatic hydroxyl groups is 1. The Bertz CT molecular complexity index is 458. The Morgan fingerprint density at radius 2 is 2.16 bits per heavy atom. The van der Waals surface area contributed by atoms with Crippen LogP contribution in [0.3, 0.4) is 0 Å². The molecule has 5 nitrogen and oxygen atoms in total. The van der Waals surface area contributed by atoms with Crippen LogP contribution < -0.4 is 10.2 Å². The van der Waals surface area contributed by atoms with Gasteiger partial charge in [-0.2, -0.15) is 0 Å². The fraction of sp³-hybridized carbons (Fsp3) is 0.500. The van der Waals surface area contributed by atoms with Crippen LogP contribution in [0.25, 0.3) is 0 Å². The van der Waals surface area contributed by atoms with Crippen molar-refractivity contribution in [2.75, 3.05) is 24.6 Å². The normalized spacial score (nSPS) is 18.6. The molecule has 0 unspecified atom stereocenters. The van der Waals surface area contributed by atoms with Gasteiger partial charge in [-0.05, 0) is 19.9 Å². The number of phenolic OH excluding ortho intramolecular Hbond substituents is 1. The molecule has 19 heavy (non-hydrogen) atoms. The molecule has 1 fully saturated rings. The fourth-order valence-corrected chi connectivity index (χ4v) is 2.37. The molecule has 1 saturated heterocycles. The van der Waals surface area contributed by atoms with Crippen molar-refractivity contribution in [1.29, 1.82) is 0 Å². The second-order valence-corrected chi connectivity index (χ2v) is 4.54. The predicted molar refractivity (Wildman–Crippen MR) is 73.5 cm³/mol. The number of hydrogen-bond donors (Lipinski definition) is 2. The monoisotopic (exact) mass is 264 g/mol. The summed E-state index contributed by atoms with van der Waals surface area (Å²) >= 11 is 0. The number of alkyl carbamates (subject to hydrolysis) is 1. The van der Waals surface area contributed by atoms with Crippen molar-refractivity contribution in [3.05, 3.63) is 23.8 Å². The number of amides is 1. The van der Waals surface area contributed by atoms with Crippen molar-refractivity contribution >= 4 is 11.8 Å². The zero-order valence-corrected chi connectivity index (χ0v) is 11.3. The van der Waals surface area contributed by atoms with Gasteiger partial charge in [-0.1, -0.05) is 6.07 Å². The predicted octanol–water partition coefficient (Wildman–Crippen LogP) is 2.41. The van der Waals surface area contributed by atoms with Gasteiger partial charge in [0.2, 0.25) is 0 Å². The van der Waals surface area contributed by atoms with Gasteiger partial charge in [-0.3, -0.25) is 0 Å². The standard InChI is InChI=1S/C14H20N2O3/c1-3-16(4-2)10-5-6-11(13(17)9-10)12-7-8-19-14(18)15-12/h5-6,9,12,17H,3-4,7-8H2,1-2H3,(H,15,18)/t12-/m0/s1. The highest BCUT2D eigenvalue weighted by Crippen LogP contribution is 2.31. The van der Waals surface area contributed by atoms with Gasteiger partial charge in [-0.25, -0.2) is 4.79 Å². The lowest BCUT2D eigenvalue weighted by atomic mass is 10.0. The van der Waals surface area contributed by atoms with Crippen molar-refractivity contribution in [3.63, 3.8) is 0 Å². The summed E-state index contributed by atoms with van der Waals surface area (Å²) in [5, 5.41) is 12.9. The lowest BCUT2D eigenvalue weighted by Crippen LogP contribution is -2.35. The van der Waals surface area contributed by atoms with E-state index in [0.29, 0.717) is 13.0 Å². The molecule has 1 atom stereocenters. The van der Waals surface area contributed by atoms with E-state index in [9.17, 15) is 9.90 Å². The molecule has 1 aromatic carbocycles. The average Bonchev–Trinajstić information content (AvgIpc) is 2.40. The molecule has 1 aliphatic heterocycles.